The summed E-state index contributed by atoms with van der Waals surface area (Å²) in [6, 6.07) is 0. The zero-order valence-corrected chi connectivity index (χ0v) is 11.6. The zero-order valence-electron chi connectivity index (χ0n) is 10.7. The fraction of sp³-hybridized carbons (Fsp3) is 0.700. The molecular formula is C10H14F3N5S. The van der Waals surface area contributed by atoms with Crippen molar-refractivity contribution in [1.82, 2.24) is 25.1 Å². The Morgan fingerprint density at radius 1 is 1.21 bits per heavy atom. The molecule has 0 saturated heterocycles. The van der Waals surface area contributed by atoms with E-state index in [1.807, 2.05) is 20.8 Å². The van der Waals surface area contributed by atoms with Gasteiger partial charge in [0.15, 0.2) is 5.82 Å². The lowest BCUT2D eigenvalue weighted by atomic mass is 9.96. The van der Waals surface area contributed by atoms with Crippen molar-refractivity contribution in [2.24, 2.45) is 0 Å². The maximum absolute atomic E-state index is 12.0. The molecule has 0 spiro atoms. The van der Waals surface area contributed by atoms with Gasteiger partial charge in [-0.05, 0) is 0 Å². The first-order valence-electron chi connectivity index (χ1n) is 5.66. The van der Waals surface area contributed by atoms with Crippen LogP contribution < -0.4 is 5.32 Å². The Kier molecular flexibility index (Phi) is 3.52. The van der Waals surface area contributed by atoms with Gasteiger partial charge in [-0.15, -0.1) is 10.2 Å². The van der Waals surface area contributed by atoms with Crippen molar-refractivity contribution >= 4 is 16.3 Å². The molecule has 0 amide bonds. The molecule has 0 aromatic carbocycles. The summed E-state index contributed by atoms with van der Waals surface area (Å²) in [5.74, 6) is 0.695. The van der Waals surface area contributed by atoms with Gasteiger partial charge in [0.05, 0.1) is 13.1 Å². The molecule has 0 aliphatic rings. The van der Waals surface area contributed by atoms with Gasteiger partial charge in [0.2, 0.25) is 4.96 Å². The molecule has 2 rings (SSSR count). The summed E-state index contributed by atoms with van der Waals surface area (Å²) in [7, 11) is 0. The van der Waals surface area contributed by atoms with E-state index in [4.69, 9.17) is 0 Å². The van der Waals surface area contributed by atoms with E-state index in [1.54, 1.807) is 4.52 Å². The standard InChI is InChI=1S/C10H14F3N5S/c1-9(2,3)7-15-16-8-18(7)17-6(19-8)4-14-5-10(11,12)13/h14H,4-5H2,1-3H3. The molecular weight excluding hydrogens is 279 g/mol. The third kappa shape index (κ3) is 3.41. The van der Waals surface area contributed by atoms with Crippen molar-refractivity contribution in [2.45, 2.75) is 38.9 Å². The lowest BCUT2D eigenvalue weighted by molar-refractivity contribution is -0.125. The second kappa shape index (κ2) is 4.71. The van der Waals surface area contributed by atoms with E-state index >= 15 is 0 Å². The van der Waals surface area contributed by atoms with Gasteiger partial charge in [-0.1, -0.05) is 32.1 Å². The maximum atomic E-state index is 12.0. The van der Waals surface area contributed by atoms with Crippen LogP contribution >= 0.6 is 11.3 Å². The normalized spacial score (nSPS) is 13.4. The van der Waals surface area contributed by atoms with Crippen LogP contribution in [-0.2, 0) is 12.0 Å². The first kappa shape index (κ1) is 14.2. The molecule has 0 saturated carbocycles. The van der Waals surface area contributed by atoms with E-state index in [2.05, 4.69) is 20.6 Å². The van der Waals surface area contributed by atoms with Crippen LogP contribution in [0, 0.1) is 0 Å². The number of hydrogen-bond donors (Lipinski definition) is 1. The fourth-order valence-electron chi connectivity index (χ4n) is 1.51. The Bertz CT molecular complexity index is 566. The van der Waals surface area contributed by atoms with Crippen molar-refractivity contribution in [3.8, 4) is 0 Å². The Labute approximate surface area is 111 Å². The van der Waals surface area contributed by atoms with Gasteiger partial charge in [-0.25, -0.2) is 0 Å². The van der Waals surface area contributed by atoms with Crippen molar-refractivity contribution < 1.29 is 13.2 Å². The largest absolute Gasteiger partial charge is 0.401 e. The van der Waals surface area contributed by atoms with Gasteiger partial charge in [-0.3, -0.25) is 0 Å². The van der Waals surface area contributed by atoms with Gasteiger partial charge in [0.1, 0.15) is 5.01 Å². The van der Waals surface area contributed by atoms with E-state index in [9.17, 15) is 13.2 Å². The summed E-state index contributed by atoms with van der Waals surface area (Å²) < 4.78 is 37.6. The lowest BCUT2D eigenvalue weighted by Gasteiger charge is -2.13. The van der Waals surface area contributed by atoms with Crippen LogP contribution in [0.25, 0.3) is 4.96 Å². The van der Waals surface area contributed by atoms with Gasteiger partial charge < -0.3 is 5.32 Å². The molecule has 0 aliphatic carbocycles. The predicted octanol–water partition coefficient (Wildman–Crippen LogP) is 2.14. The molecule has 0 radical (unpaired) electrons. The first-order valence-corrected chi connectivity index (χ1v) is 6.47. The topological polar surface area (TPSA) is 55.1 Å². The number of alkyl halides is 3. The number of nitrogens with zero attached hydrogens (tertiary/aromatic N) is 4. The molecule has 0 atom stereocenters. The smallest absolute Gasteiger partial charge is 0.302 e. The number of halogens is 3. The molecule has 0 unspecified atom stereocenters. The minimum absolute atomic E-state index is 0.0666. The highest BCUT2D eigenvalue weighted by Gasteiger charge is 2.27. The van der Waals surface area contributed by atoms with Crippen LogP contribution in [0.2, 0.25) is 0 Å². The summed E-state index contributed by atoms with van der Waals surface area (Å²) in [4.78, 5) is 0.591. The van der Waals surface area contributed by atoms with Crippen LogP contribution in [0.3, 0.4) is 0 Å². The Morgan fingerprint density at radius 3 is 2.47 bits per heavy atom. The number of fused-ring (bicyclic) bond motifs is 1. The molecule has 0 aliphatic heterocycles. The molecule has 2 heterocycles. The molecule has 0 bridgehead atoms. The number of rotatable bonds is 3. The number of aromatic nitrogens is 4. The molecule has 106 valence electrons. The molecule has 0 fully saturated rings. The minimum atomic E-state index is -4.21. The molecule has 9 heteroatoms. The average molecular weight is 293 g/mol. The SMILES string of the molecule is CC(C)(C)c1nnc2sc(CNCC(F)(F)F)nn12. The van der Waals surface area contributed by atoms with Crippen molar-refractivity contribution in [3.05, 3.63) is 10.8 Å². The molecule has 2 aromatic heterocycles. The highest BCUT2D eigenvalue weighted by atomic mass is 32.1. The third-order valence-corrected chi connectivity index (χ3v) is 3.20. The second-order valence-corrected chi connectivity index (χ2v) is 6.22. The Morgan fingerprint density at radius 2 is 1.89 bits per heavy atom. The number of nitrogens with one attached hydrogen (secondary N) is 1. The van der Waals surface area contributed by atoms with Gasteiger partial charge in [-0.2, -0.15) is 22.8 Å². The summed E-state index contributed by atoms with van der Waals surface area (Å²) in [6.45, 7) is 4.97. The van der Waals surface area contributed by atoms with Crippen LogP contribution in [0.5, 0.6) is 0 Å². The quantitative estimate of drug-likeness (QED) is 0.942. The summed E-state index contributed by atoms with van der Waals surface area (Å²) in [6.07, 6.45) is -4.21. The third-order valence-electron chi connectivity index (χ3n) is 2.31. The van der Waals surface area contributed by atoms with Crippen LogP contribution in [0.1, 0.15) is 31.6 Å². The monoisotopic (exact) mass is 293 g/mol. The van der Waals surface area contributed by atoms with Crippen molar-refractivity contribution in [1.29, 1.82) is 0 Å². The summed E-state index contributed by atoms with van der Waals surface area (Å²) in [5, 5.41) is 15.1. The molecule has 19 heavy (non-hydrogen) atoms. The number of hydrogen-bond acceptors (Lipinski definition) is 5. The van der Waals surface area contributed by atoms with Gasteiger partial charge in [0, 0.05) is 5.41 Å². The fourth-order valence-corrected chi connectivity index (χ4v) is 2.31. The highest BCUT2D eigenvalue weighted by Crippen LogP contribution is 2.23. The van der Waals surface area contributed by atoms with E-state index in [-0.39, 0.29) is 12.0 Å². The van der Waals surface area contributed by atoms with E-state index in [0.29, 0.717) is 15.8 Å². The van der Waals surface area contributed by atoms with Crippen LogP contribution in [-0.4, -0.2) is 32.5 Å². The zero-order chi connectivity index (χ0) is 14.3. The van der Waals surface area contributed by atoms with Gasteiger partial charge in [0.25, 0.3) is 0 Å². The minimum Gasteiger partial charge on any atom is -0.302 e. The Hall–Kier alpha value is -1.22. The Balaban J connectivity index is 2.12. The van der Waals surface area contributed by atoms with Gasteiger partial charge >= 0.3 is 6.18 Å². The van der Waals surface area contributed by atoms with E-state index in [0.717, 1.165) is 0 Å². The lowest BCUT2D eigenvalue weighted by Crippen LogP contribution is -2.28. The van der Waals surface area contributed by atoms with E-state index in [1.165, 1.54) is 11.3 Å². The molecule has 1 N–H and O–H groups in total. The van der Waals surface area contributed by atoms with Crippen molar-refractivity contribution in [3.63, 3.8) is 0 Å². The average Bonchev–Trinajstić information content (AvgIpc) is 2.71. The predicted molar refractivity (Wildman–Crippen MR) is 65.1 cm³/mol. The van der Waals surface area contributed by atoms with Crippen LogP contribution in [0.4, 0.5) is 13.2 Å². The second-order valence-electron chi connectivity index (χ2n) is 5.18. The maximum Gasteiger partial charge on any atom is 0.401 e. The summed E-state index contributed by atoms with van der Waals surface area (Å²) in [5.41, 5.74) is -0.218. The summed E-state index contributed by atoms with van der Waals surface area (Å²) >= 11 is 1.23. The highest BCUT2D eigenvalue weighted by molar-refractivity contribution is 7.16. The van der Waals surface area contributed by atoms with Crippen molar-refractivity contribution in [2.75, 3.05) is 6.54 Å². The molecule has 5 nitrogen and oxygen atoms in total. The molecule has 2 aromatic rings. The van der Waals surface area contributed by atoms with E-state index < -0.39 is 12.7 Å². The first-order chi connectivity index (χ1) is 8.67. The van der Waals surface area contributed by atoms with Crippen LogP contribution in [0.15, 0.2) is 0 Å².